The zero-order valence-electron chi connectivity index (χ0n) is 10.5. The van der Waals surface area contributed by atoms with Crippen LogP contribution in [-0.2, 0) is 4.79 Å². The summed E-state index contributed by atoms with van der Waals surface area (Å²) in [6.07, 6.45) is 1.82. The van der Waals surface area contributed by atoms with E-state index in [1.165, 1.54) is 12.1 Å². The minimum atomic E-state index is -1.12. The molecule has 4 nitrogen and oxygen atoms in total. The molecule has 0 fully saturated rings. The van der Waals surface area contributed by atoms with Crippen LogP contribution in [0, 0.1) is 5.82 Å². The molecule has 1 aromatic rings. The highest BCUT2D eigenvalue weighted by Crippen LogP contribution is 2.19. The summed E-state index contributed by atoms with van der Waals surface area (Å²) < 4.78 is 13.9. The zero-order chi connectivity index (χ0) is 14.4. The molecule has 2 N–H and O–H groups in total. The number of hydrogen-bond donors (Lipinski definition) is 2. The van der Waals surface area contributed by atoms with E-state index in [0.717, 1.165) is 12.5 Å². The van der Waals surface area contributed by atoms with Crippen LogP contribution < -0.4 is 5.32 Å². The number of aliphatic carboxylic acids is 1. The average molecular weight is 332 g/mol. The van der Waals surface area contributed by atoms with Crippen LogP contribution in [0.2, 0.25) is 0 Å². The first-order valence-electron chi connectivity index (χ1n) is 5.95. The lowest BCUT2D eigenvalue weighted by molar-refractivity contribution is -0.139. The van der Waals surface area contributed by atoms with Crippen LogP contribution in [0.1, 0.15) is 36.5 Å². The van der Waals surface area contributed by atoms with Crippen molar-refractivity contribution in [2.24, 2.45) is 0 Å². The number of benzene rings is 1. The Morgan fingerprint density at radius 1 is 1.47 bits per heavy atom. The van der Waals surface area contributed by atoms with Crippen LogP contribution in [0.4, 0.5) is 4.39 Å². The van der Waals surface area contributed by atoms with E-state index in [4.69, 9.17) is 5.11 Å². The van der Waals surface area contributed by atoms with Gasteiger partial charge in [-0.1, -0.05) is 25.8 Å². The number of halogens is 2. The van der Waals surface area contributed by atoms with E-state index in [1.807, 2.05) is 6.92 Å². The number of carboxylic acid groups (broad SMARTS) is 1. The molecular weight excluding hydrogens is 317 g/mol. The molecule has 1 rings (SSSR count). The first kappa shape index (κ1) is 15.6. The Morgan fingerprint density at radius 2 is 2.16 bits per heavy atom. The van der Waals surface area contributed by atoms with Crippen molar-refractivity contribution in [3.05, 3.63) is 34.1 Å². The van der Waals surface area contributed by atoms with Gasteiger partial charge in [0.2, 0.25) is 0 Å². The second-order valence-corrected chi connectivity index (χ2v) is 4.96. The Balaban J connectivity index is 2.85. The van der Waals surface area contributed by atoms with Crippen LogP contribution in [0.25, 0.3) is 0 Å². The lowest BCUT2D eigenvalue weighted by Gasteiger charge is -2.15. The quantitative estimate of drug-likeness (QED) is 0.842. The van der Waals surface area contributed by atoms with Gasteiger partial charge in [-0.3, -0.25) is 4.79 Å². The van der Waals surface area contributed by atoms with E-state index in [0.29, 0.717) is 17.3 Å². The number of rotatable bonds is 6. The minimum absolute atomic E-state index is 0.176. The van der Waals surface area contributed by atoms with Crippen LogP contribution in [0.5, 0.6) is 0 Å². The Bertz CT molecular complexity index is 459. The van der Waals surface area contributed by atoms with E-state index in [2.05, 4.69) is 21.2 Å². The third-order valence-electron chi connectivity index (χ3n) is 2.64. The highest BCUT2D eigenvalue weighted by atomic mass is 79.9. The Kier molecular flexibility index (Phi) is 5.95. The summed E-state index contributed by atoms with van der Waals surface area (Å²) in [5, 5.41) is 11.4. The molecule has 0 bridgehead atoms. The molecule has 0 saturated heterocycles. The van der Waals surface area contributed by atoms with E-state index < -0.39 is 23.7 Å². The average Bonchev–Trinajstić information content (AvgIpc) is 2.33. The molecule has 0 radical (unpaired) electrons. The smallest absolute Gasteiger partial charge is 0.326 e. The van der Waals surface area contributed by atoms with Gasteiger partial charge < -0.3 is 10.4 Å². The van der Waals surface area contributed by atoms with Gasteiger partial charge in [0.05, 0.1) is 5.56 Å². The van der Waals surface area contributed by atoms with Gasteiger partial charge in [-0.05, 0) is 34.5 Å². The maximum absolute atomic E-state index is 13.6. The summed E-state index contributed by atoms with van der Waals surface area (Å²) in [7, 11) is 0. The van der Waals surface area contributed by atoms with Crippen LogP contribution in [0.15, 0.2) is 22.7 Å². The molecule has 0 spiro atoms. The maximum atomic E-state index is 13.6. The van der Waals surface area contributed by atoms with Gasteiger partial charge in [-0.25, -0.2) is 9.18 Å². The van der Waals surface area contributed by atoms with Crippen LogP contribution in [-0.4, -0.2) is 23.0 Å². The van der Waals surface area contributed by atoms with E-state index in [-0.39, 0.29) is 5.56 Å². The van der Waals surface area contributed by atoms with Gasteiger partial charge in [0.1, 0.15) is 11.9 Å². The molecule has 104 valence electrons. The minimum Gasteiger partial charge on any atom is -0.480 e. The van der Waals surface area contributed by atoms with E-state index in [1.54, 1.807) is 0 Å². The monoisotopic (exact) mass is 331 g/mol. The molecule has 1 atom stereocenters. The SMILES string of the molecule is CCCCC(NC(=O)c1c(F)cccc1Br)C(=O)O. The third-order valence-corrected chi connectivity index (χ3v) is 3.30. The topological polar surface area (TPSA) is 66.4 Å². The van der Waals surface area contributed by atoms with E-state index >= 15 is 0 Å². The summed E-state index contributed by atoms with van der Waals surface area (Å²) in [5.41, 5.74) is -0.176. The van der Waals surface area contributed by atoms with Crippen molar-refractivity contribution < 1.29 is 19.1 Å². The predicted molar refractivity (Wildman–Crippen MR) is 72.5 cm³/mol. The molecule has 0 aromatic heterocycles. The second kappa shape index (κ2) is 7.23. The van der Waals surface area contributed by atoms with Crippen LogP contribution in [0.3, 0.4) is 0 Å². The predicted octanol–water partition coefficient (Wildman–Crippen LogP) is 2.96. The Hall–Kier alpha value is -1.43. The number of carboxylic acids is 1. The Morgan fingerprint density at radius 3 is 2.68 bits per heavy atom. The third kappa shape index (κ3) is 4.31. The summed E-state index contributed by atoms with van der Waals surface area (Å²) in [6, 6.07) is 3.14. The molecule has 1 amide bonds. The summed E-state index contributed by atoms with van der Waals surface area (Å²) >= 11 is 3.08. The number of carbonyl (C=O) groups is 2. The molecule has 1 unspecified atom stereocenters. The fourth-order valence-electron chi connectivity index (χ4n) is 1.61. The van der Waals surface area contributed by atoms with Crippen molar-refractivity contribution >= 4 is 27.8 Å². The standard InChI is InChI=1S/C13H15BrFNO3/c1-2-3-7-10(13(18)19)16-12(17)11-8(14)5-4-6-9(11)15/h4-6,10H,2-3,7H2,1H3,(H,16,17)(H,18,19). The number of amides is 1. The zero-order valence-corrected chi connectivity index (χ0v) is 12.0. The number of carbonyl (C=O) groups excluding carboxylic acids is 1. The summed E-state index contributed by atoms with van der Waals surface area (Å²) in [5.74, 6) is -2.53. The normalized spacial score (nSPS) is 11.9. The number of nitrogens with one attached hydrogen (secondary N) is 1. The van der Waals surface area contributed by atoms with Gasteiger partial charge in [-0.2, -0.15) is 0 Å². The number of hydrogen-bond acceptors (Lipinski definition) is 2. The first-order chi connectivity index (χ1) is 8.97. The fraction of sp³-hybridized carbons (Fsp3) is 0.385. The summed E-state index contributed by atoms with van der Waals surface area (Å²) in [4.78, 5) is 22.9. The lowest BCUT2D eigenvalue weighted by Crippen LogP contribution is -2.41. The maximum Gasteiger partial charge on any atom is 0.326 e. The van der Waals surface area contributed by atoms with Crippen molar-refractivity contribution in [1.82, 2.24) is 5.32 Å². The van der Waals surface area contributed by atoms with Crippen molar-refractivity contribution in [2.75, 3.05) is 0 Å². The molecular formula is C13H15BrFNO3. The highest BCUT2D eigenvalue weighted by Gasteiger charge is 2.23. The molecule has 6 heteroatoms. The van der Waals surface area contributed by atoms with Gasteiger partial charge in [-0.15, -0.1) is 0 Å². The van der Waals surface area contributed by atoms with Crippen molar-refractivity contribution in [3.63, 3.8) is 0 Å². The highest BCUT2D eigenvalue weighted by molar-refractivity contribution is 9.10. The Labute approximate surface area is 119 Å². The van der Waals surface area contributed by atoms with Gasteiger partial charge >= 0.3 is 5.97 Å². The van der Waals surface area contributed by atoms with Crippen molar-refractivity contribution in [1.29, 1.82) is 0 Å². The largest absolute Gasteiger partial charge is 0.480 e. The van der Waals surface area contributed by atoms with Crippen molar-refractivity contribution in [2.45, 2.75) is 32.2 Å². The van der Waals surface area contributed by atoms with Gasteiger partial charge in [0.25, 0.3) is 5.91 Å². The molecule has 19 heavy (non-hydrogen) atoms. The fourth-order valence-corrected chi connectivity index (χ4v) is 2.13. The molecule has 0 aliphatic rings. The molecule has 1 aromatic carbocycles. The molecule has 0 aliphatic carbocycles. The van der Waals surface area contributed by atoms with Gasteiger partial charge in [0, 0.05) is 4.47 Å². The first-order valence-corrected chi connectivity index (χ1v) is 6.74. The summed E-state index contributed by atoms with van der Waals surface area (Å²) in [6.45, 7) is 1.92. The lowest BCUT2D eigenvalue weighted by atomic mass is 10.1. The van der Waals surface area contributed by atoms with Crippen molar-refractivity contribution in [3.8, 4) is 0 Å². The molecule has 0 saturated carbocycles. The molecule has 0 aliphatic heterocycles. The van der Waals surface area contributed by atoms with E-state index in [9.17, 15) is 14.0 Å². The number of unbranched alkanes of at least 4 members (excludes halogenated alkanes) is 1. The van der Waals surface area contributed by atoms with Gasteiger partial charge in [0.15, 0.2) is 0 Å². The van der Waals surface area contributed by atoms with Crippen LogP contribution >= 0.6 is 15.9 Å². The second-order valence-electron chi connectivity index (χ2n) is 4.10. The molecule has 0 heterocycles.